The molecule has 0 bridgehead atoms. The molecule has 2 aliphatic heterocycles. The van der Waals surface area contributed by atoms with Crippen LogP contribution in [-0.4, -0.2) is 70.5 Å². The maximum absolute atomic E-state index is 14.3. The number of hydrogen-bond acceptors (Lipinski definition) is 12. The summed E-state index contributed by atoms with van der Waals surface area (Å²) in [5, 5.41) is 0.202. The fourth-order valence-corrected chi connectivity index (χ4v) is 9.13. The van der Waals surface area contributed by atoms with Crippen LogP contribution in [-0.2, 0) is 44.0 Å². The molecule has 0 radical (unpaired) electrons. The third-order valence-electron chi connectivity index (χ3n) is 10.9. The van der Waals surface area contributed by atoms with Gasteiger partial charge in [0.1, 0.15) is 18.8 Å². The van der Waals surface area contributed by atoms with Crippen LogP contribution < -0.4 is 17.0 Å². The van der Waals surface area contributed by atoms with Gasteiger partial charge in [0, 0.05) is 24.6 Å². The number of carbonyl (C=O) groups excluding carboxylic acids is 2. The third kappa shape index (κ3) is 8.87. The second-order valence-corrected chi connectivity index (χ2v) is 27.8. The van der Waals surface area contributed by atoms with Crippen LogP contribution in [0.25, 0.3) is 0 Å². The summed E-state index contributed by atoms with van der Waals surface area (Å²) in [5.74, 6) is -1.37. The van der Waals surface area contributed by atoms with Crippen molar-refractivity contribution in [2.24, 2.45) is 5.73 Å². The zero-order valence-electron chi connectivity index (χ0n) is 32.7. The molecule has 14 nitrogen and oxygen atoms in total. The summed E-state index contributed by atoms with van der Waals surface area (Å²) in [5.41, 5.74) is 3.41. The molecule has 0 aliphatic carbocycles. The number of esters is 1. The van der Waals surface area contributed by atoms with Crippen LogP contribution in [0.5, 0.6) is 0 Å². The fourth-order valence-electron chi connectivity index (χ4n) is 5.62. The lowest BCUT2D eigenvalue weighted by Crippen LogP contribution is -2.59. The molecule has 1 aromatic carbocycles. The van der Waals surface area contributed by atoms with Gasteiger partial charge in [-0.2, -0.15) is 13.0 Å². The Morgan fingerprint density at radius 2 is 1.57 bits per heavy atom. The number of carbonyl (C=O) groups is 2. The van der Waals surface area contributed by atoms with E-state index < -0.39 is 79.0 Å². The van der Waals surface area contributed by atoms with Crippen molar-refractivity contribution in [1.82, 2.24) is 9.13 Å². The van der Waals surface area contributed by atoms with Crippen molar-refractivity contribution in [2.75, 3.05) is 6.61 Å². The van der Waals surface area contributed by atoms with Crippen molar-refractivity contribution in [3.8, 4) is 0 Å². The van der Waals surface area contributed by atoms with Crippen LogP contribution in [0.3, 0.4) is 0 Å². The standard InChI is InChI=1S/C36H55N3O11SSi2/c1-24-20-38(33(43)39(31(24)42)28(40)18-15-19-29(41)46-21-25-16-13-12-14-17-25)32-30(49-53(10,11)35(5,6)7)36(26(37)23-51(44,45)50-36)27(48-32)22-47-52(8,9)34(2,3)4/h12-14,16-17,20,23,27,30,32H,15,18-19,21-22,37H2,1-11H3/t27-,30+,32-,36-/m1/s1. The van der Waals surface area contributed by atoms with Gasteiger partial charge in [0.2, 0.25) is 5.91 Å². The summed E-state index contributed by atoms with van der Waals surface area (Å²) < 4.78 is 59.0. The molecule has 0 saturated carbocycles. The molecular formula is C36H55N3O11SSi2. The number of benzene rings is 1. The molecule has 2 N–H and O–H groups in total. The smallest absolute Gasteiger partial charge is 0.340 e. The zero-order chi connectivity index (χ0) is 39.9. The maximum Gasteiger partial charge on any atom is 0.340 e. The highest BCUT2D eigenvalue weighted by Crippen LogP contribution is 2.52. The lowest BCUT2D eigenvalue weighted by atomic mass is 9.89. The average Bonchev–Trinajstić information content (AvgIpc) is 3.46. The highest BCUT2D eigenvalue weighted by Gasteiger charge is 2.67. The number of hydrogen-bond donors (Lipinski definition) is 1. The van der Waals surface area contributed by atoms with Crippen LogP contribution in [0, 0.1) is 6.92 Å². The molecule has 1 fully saturated rings. The topological polar surface area (TPSA) is 184 Å². The van der Waals surface area contributed by atoms with Crippen molar-refractivity contribution >= 4 is 38.6 Å². The molecule has 0 unspecified atom stereocenters. The highest BCUT2D eigenvalue weighted by atomic mass is 32.2. The molecule has 294 valence electrons. The lowest BCUT2D eigenvalue weighted by molar-refractivity contribution is -0.145. The molecule has 53 heavy (non-hydrogen) atoms. The van der Waals surface area contributed by atoms with Crippen molar-refractivity contribution in [3.63, 3.8) is 0 Å². The lowest BCUT2D eigenvalue weighted by Gasteiger charge is -2.43. The molecule has 1 aromatic heterocycles. The van der Waals surface area contributed by atoms with E-state index in [2.05, 4.69) is 20.8 Å². The quantitative estimate of drug-likeness (QED) is 0.171. The van der Waals surface area contributed by atoms with E-state index in [1.165, 1.54) is 13.1 Å². The minimum absolute atomic E-state index is 0.0202. The maximum atomic E-state index is 14.3. The van der Waals surface area contributed by atoms with Crippen LogP contribution in [0.2, 0.25) is 36.3 Å². The number of aryl methyl sites for hydroxylation is 1. The van der Waals surface area contributed by atoms with Gasteiger partial charge in [-0.05, 0) is 55.2 Å². The Labute approximate surface area is 314 Å². The van der Waals surface area contributed by atoms with Crippen molar-refractivity contribution in [3.05, 3.63) is 79.6 Å². The molecule has 1 saturated heterocycles. The van der Waals surface area contributed by atoms with Crippen molar-refractivity contribution < 1.29 is 40.5 Å². The second-order valence-electron chi connectivity index (χ2n) is 16.9. The van der Waals surface area contributed by atoms with Crippen LogP contribution in [0.1, 0.15) is 83.0 Å². The molecule has 0 amide bonds. The van der Waals surface area contributed by atoms with Crippen molar-refractivity contribution in [1.29, 1.82) is 0 Å². The van der Waals surface area contributed by atoms with E-state index in [1.54, 1.807) is 0 Å². The number of nitrogens with two attached hydrogens (primary N) is 1. The first-order valence-electron chi connectivity index (χ1n) is 17.7. The fraction of sp³-hybridized carbons (Fsp3) is 0.611. The zero-order valence-corrected chi connectivity index (χ0v) is 35.5. The van der Waals surface area contributed by atoms with Crippen molar-refractivity contribution in [2.45, 2.75) is 135 Å². The summed E-state index contributed by atoms with van der Waals surface area (Å²) in [6, 6.07) is 9.12. The minimum Gasteiger partial charge on any atom is -0.461 e. The van der Waals surface area contributed by atoms with Gasteiger partial charge in [0.25, 0.3) is 15.7 Å². The Hall–Kier alpha value is -3.20. The van der Waals surface area contributed by atoms with E-state index >= 15 is 0 Å². The Bertz CT molecular complexity index is 1960. The number of ether oxygens (including phenoxy) is 2. The summed E-state index contributed by atoms with van der Waals surface area (Å²) >= 11 is 0. The van der Waals surface area contributed by atoms with Gasteiger partial charge in [-0.3, -0.25) is 19.0 Å². The normalized spacial score (nSPS) is 23.3. The molecule has 4 rings (SSSR count). The highest BCUT2D eigenvalue weighted by molar-refractivity contribution is 7.90. The average molecular weight is 794 g/mol. The molecule has 17 heteroatoms. The number of rotatable bonds is 12. The first-order chi connectivity index (χ1) is 24.2. The second kappa shape index (κ2) is 15.1. The Balaban J connectivity index is 1.75. The summed E-state index contributed by atoms with van der Waals surface area (Å²) in [6.45, 7) is 21.5. The third-order valence-corrected chi connectivity index (χ3v) is 20.9. The molecule has 2 aromatic rings. The first kappa shape index (κ1) is 42.5. The van der Waals surface area contributed by atoms with E-state index in [0.717, 1.165) is 15.5 Å². The van der Waals surface area contributed by atoms with E-state index in [4.69, 9.17) is 28.2 Å². The summed E-state index contributed by atoms with van der Waals surface area (Å²) in [4.78, 5) is 53.6. The molecule has 2 aliphatic rings. The van der Waals surface area contributed by atoms with Gasteiger partial charge in [0.15, 0.2) is 28.5 Å². The number of aromatic nitrogens is 2. The van der Waals surface area contributed by atoms with Crippen LogP contribution >= 0.6 is 0 Å². The molecular weight excluding hydrogens is 739 g/mol. The van der Waals surface area contributed by atoms with E-state index in [-0.39, 0.29) is 48.8 Å². The van der Waals surface area contributed by atoms with E-state index in [0.29, 0.717) is 4.57 Å². The Kier molecular flexibility index (Phi) is 12.2. The summed E-state index contributed by atoms with van der Waals surface area (Å²) in [6.07, 6.45) is -3.06. The van der Waals surface area contributed by atoms with E-state index in [1.807, 2.05) is 77.3 Å². The Morgan fingerprint density at radius 3 is 2.11 bits per heavy atom. The number of nitrogens with zero attached hydrogens (tertiary/aromatic N) is 2. The SMILES string of the molecule is Cc1cn([C@@H]2O[C@H](CO[Si](C)(C)C(C)(C)C)[C@@]3(OS(=O)(=O)C=C3N)[C@H]2O[Si](C)(C)C(C)(C)C)c(=O)n(C(=O)CCCC(=O)OCc2ccccc2)c1=O. The van der Waals surface area contributed by atoms with Gasteiger partial charge in [-0.15, -0.1) is 0 Å². The predicted octanol–water partition coefficient (Wildman–Crippen LogP) is 5.08. The first-order valence-corrected chi connectivity index (χ1v) is 25.0. The predicted molar refractivity (Wildman–Crippen MR) is 205 cm³/mol. The summed E-state index contributed by atoms with van der Waals surface area (Å²) in [7, 11) is -9.62. The van der Waals surface area contributed by atoms with Crippen LogP contribution in [0.15, 0.2) is 57.2 Å². The largest absolute Gasteiger partial charge is 0.461 e. The van der Waals surface area contributed by atoms with Gasteiger partial charge in [-0.1, -0.05) is 71.9 Å². The minimum atomic E-state index is -4.33. The Morgan fingerprint density at radius 1 is 0.962 bits per heavy atom. The molecule has 3 heterocycles. The molecule has 4 atom stereocenters. The van der Waals surface area contributed by atoms with Gasteiger partial charge < -0.3 is 24.1 Å². The van der Waals surface area contributed by atoms with Crippen LogP contribution in [0.4, 0.5) is 0 Å². The molecule has 1 spiro atoms. The van der Waals surface area contributed by atoms with Gasteiger partial charge in [-0.25, -0.2) is 8.98 Å². The monoisotopic (exact) mass is 793 g/mol. The van der Waals surface area contributed by atoms with E-state index in [9.17, 15) is 27.6 Å². The van der Waals surface area contributed by atoms with Gasteiger partial charge >= 0.3 is 11.7 Å². The van der Waals surface area contributed by atoms with Gasteiger partial charge in [0.05, 0.1) is 17.7 Å².